The van der Waals surface area contributed by atoms with E-state index in [9.17, 15) is 4.79 Å². The van der Waals surface area contributed by atoms with E-state index in [0.29, 0.717) is 0 Å². The van der Waals surface area contributed by atoms with E-state index in [2.05, 4.69) is 10.3 Å². The van der Waals surface area contributed by atoms with Crippen LogP contribution in [0.2, 0.25) is 0 Å². The summed E-state index contributed by atoms with van der Waals surface area (Å²) in [5, 5.41) is 4.07. The predicted molar refractivity (Wildman–Crippen MR) is 93.9 cm³/mol. The standard InChI is InChI=1S/C20H19N3O/c1-13(14-6-5-11-21-12-14)22-20(24)19-15-7-2-3-9-17(15)23-18-10-4-8-16(18)19/h2-3,5-7,9,11-13H,4,8,10H2,1H3,(H,22,24). The second-order valence-electron chi connectivity index (χ2n) is 6.26. The number of carbonyl (C=O) groups excluding carboxylic acids is 1. The number of amides is 1. The molecule has 4 nitrogen and oxygen atoms in total. The zero-order valence-electron chi connectivity index (χ0n) is 13.6. The van der Waals surface area contributed by atoms with E-state index < -0.39 is 0 Å². The Kier molecular flexibility index (Phi) is 3.73. The fourth-order valence-electron chi connectivity index (χ4n) is 3.45. The van der Waals surface area contributed by atoms with Gasteiger partial charge in [0, 0.05) is 23.5 Å². The molecule has 0 saturated heterocycles. The van der Waals surface area contributed by atoms with Gasteiger partial charge in [-0.15, -0.1) is 0 Å². The molecule has 0 fully saturated rings. The van der Waals surface area contributed by atoms with Crippen LogP contribution in [0, 0.1) is 0 Å². The molecule has 1 amide bonds. The molecule has 1 aromatic carbocycles. The zero-order chi connectivity index (χ0) is 16.5. The molecule has 1 N–H and O–H groups in total. The molecule has 4 rings (SSSR count). The van der Waals surface area contributed by atoms with Crippen LogP contribution in [-0.2, 0) is 12.8 Å². The smallest absolute Gasteiger partial charge is 0.252 e. The van der Waals surface area contributed by atoms with Crippen LogP contribution in [0.4, 0.5) is 0 Å². The summed E-state index contributed by atoms with van der Waals surface area (Å²) in [5.41, 5.74) is 4.89. The number of hydrogen-bond acceptors (Lipinski definition) is 3. The summed E-state index contributed by atoms with van der Waals surface area (Å²) in [7, 11) is 0. The van der Waals surface area contributed by atoms with Crippen LogP contribution in [0.1, 0.15) is 46.6 Å². The Morgan fingerprint density at radius 2 is 2.04 bits per heavy atom. The first-order chi connectivity index (χ1) is 11.7. The molecule has 1 aliphatic rings. The van der Waals surface area contributed by atoms with Crippen molar-refractivity contribution in [1.29, 1.82) is 0 Å². The molecule has 1 aliphatic carbocycles. The van der Waals surface area contributed by atoms with Crippen LogP contribution in [0.15, 0.2) is 48.8 Å². The van der Waals surface area contributed by atoms with Gasteiger partial charge in [0.2, 0.25) is 0 Å². The van der Waals surface area contributed by atoms with Gasteiger partial charge in [-0.3, -0.25) is 14.8 Å². The fraction of sp³-hybridized carbons (Fsp3) is 0.250. The Labute approximate surface area is 141 Å². The van der Waals surface area contributed by atoms with E-state index in [0.717, 1.165) is 52.5 Å². The highest BCUT2D eigenvalue weighted by atomic mass is 16.1. The van der Waals surface area contributed by atoms with Gasteiger partial charge in [0.25, 0.3) is 5.91 Å². The average molecular weight is 317 g/mol. The number of rotatable bonds is 3. The van der Waals surface area contributed by atoms with Gasteiger partial charge >= 0.3 is 0 Å². The number of fused-ring (bicyclic) bond motifs is 2. The van der Waals surface area contributed by atoms with Crippen molar-refractivity contribution in [3.63, 3.8) is 0 Å². The monoisotopic (exact) mass is 317 g/mol. The lowest BCUT2D eigenvalue weighted by Gasteiger charge is -2.17. The number of benzene rings is 1. The van der Waals surface area contributed by atoms with E-state index in [1.807, 2.05) is 43.3 Å². The summed E-state index contributed by atoms with van der Waals surface area (Å²) in [6, 6.07) is 11.7. The number of carbonyl (C=O) groups is 1. The van der Waals surface area contributed by atoms with Crippen molar-refractivity contribution in [1.82, 2.24) is 15.3 Å². The molecule has 0 saturated carbocycles. The Hall–Kier alpha value is -2.75. The molecule has 1 atom stereocenters. The van der Waals surface area contributed by atoms with E-state index in [-0.39, 0.29) is 11.9 Å². The number of para-hydroxylation sites is 1. The van der Waals surface area contributed by atoms with Gasteiger partial charge in [-0.25, -0.2) is 0 Å². The van der Waals surface area contributed by atoms with Crippen molar-refractivity contribution in [2.24, 2.45) is 0 Å². The number of aryl methyl sites for hydroxylation is 1. The quantitative estimate of drug-likeness (QED) is 0.803. The third-order valence-corrected chi connectivity index (χ3v) is 4.68. The van der Waals surface area contributed by atoms with Crippen molar-refractivity contribution in [3.8, 4) is 0 Å². The van der Waals surface area contributed by atoms with Crippen LogP contribution in [0.5, 0.6) is 0 Å². The number of pyridine rings is 2. The van der Waals surface area contributed by atoms with Gasteiger partial charge in [-0.1, -0.05) is 24.3 Å². The van der Waals surface area contributed by atoms with Gasteiger partial charge in [-0.05, 0) is 49.4 Å². The summed E-state index contributed by atoms with van der Waals surface area (Å²) in [6.45, 7) is 1.98. The van der Waals surface area contributed by atoms with E-state index >= 15 is 0 Å². The minimum absolute atomic E-state index is 0.0249. The molecule has 2 aromatic heterocycles. The third kappa shape index (κ3) is 2.54. The molecule has 120 valence electrons. The topological polar surface area (TPSA) is 54.9 Å². The average Bonchev–Trinajstić information content (AvgIpc) is 3.08. The first-order valence-electron chi connectivity index (χ1n) is 8.35. The Bertz CT molecular complexity index is 905. The lowest BCUT2D eigenvalue weighted by atomic mass is 10.00. The second-order valence-corrected chi connectivity index (χ2v) is 6.26. The lowest BCUT2D eigenvalue weighted by molar-refractivity contribution is 0.0940. The zero-order valence-corrected chi connectivity index (χ0v) is 13.6. The van der Waals surface area contributed by atoms with Crippen molar-refractivity contribution < 1.29 is 4.79 Å². The number of hydrogen-bond donors (Lipinski definition) is 1. The third-order valence-electron chi connectivity index (χ3n) is 4.68. The summed E-state index contributed by atoms with van der Waals surface area (Å²) in [4.78, 5) is 21.9. The highest BCUT2D eigenvalue weighted by Gasteiger charge is 2.24. The first kappa shape index (κ1) is 14.8. The van der Waals surface area contributed by atoms with Crippen molar-refractivity contribution in [2.45, 2.75) is 32.2 Å². The SMILES string of the molecule is CC(NC(=O)c1c2c(nc3ccccc13)CCC2)c1cccnc1. The number of aromatic nitrogens is 2. The Balaban J connectivity index is 1.74. The Morgan fingerprint density at radius 3 is 2.88 bits per heavy atom. The molecular formula is C20H19N3O. The lowest BCUT2D eigenvalue weighted by Crippen LogP contribution is -2.28. The number of nitrogens with zero attached hydrogens (tertiary/aromatic N) is 2. The van der Waals surface area contributed by atoms with Crippen LogP contribution < -0.4 is 5.32 Å². The summed E-state index contributed by atoms with van der Waals surface area (Å²) in [6.07, 6.45) is 6.48. The highest BCUT2D eigenvalue weighted by molar-refractivity contribution is 6.08. The van der Waals surface area contributed by atoms with E-state index in [1.165, 1.54) is 0 Å². The van der Waals surface area contributed by atoms with Crippen molar-refractivity contribution in [3.05, 3.63) is 71.2 Å². The summed E-state index contributed by atoms with van der Waals surface area (Å²) < 4.78 is 0. The maximum atomic E-state index is 13.0. The largest absolute Gasteiger partial charge is 0.345 e. The first-order valence-corrected chi connectivity index (χ1v) is 8.35. The number of nitrogens with one attached hydrogen (secondary N) is 1. The molecule has 0 spiro atoms. The highest BCUT2D eigenvalue weighted by Crippen LogP contribution is 2.30. The van der Waals surface area contributed by atoms with Gasteiger partial charge < -0.3 is 5.32 Å². The molecule has 0 radical (unpaired) electrons. The van der Waals surface area contributed by atoms with Crippen molar-refractivity contribution in [2.75, 3.05) is 0 Å². The molecule has 24 heavy (non-hydrogen) atoms. The second kappa shape index (κ2) is 6.04. The molecule has 1 unspecified atom stereocenters. The van der Waals surface area contributed by atoms with Crippen LogP contribution in [0.25, 0.3) is 10.9 Å². The molecule has 0 aliphatic heterocycles. The van der Waals surface area contributed by atoms with Gasteiger partial charge in [0.15, 0.2) is 0 Å². The molecule has 3 aromatic rings. The molecule has 4 heteroatoms. The van der Waals surface area contributed by atoms with Gasteiger partial charge in [-0.2, -0.15) is 0 Å². The molecule has 2 heterocycles. The maximum Gasteiger partial charge on any atom is 0.252 e. The maximum absolute atomic E-state index is 13.0. The normalized spacial score (nSPS) is 14.4. The van der Waals surface area contributed by atoms with Crippen LogP contribution in [-0.4, -0.2) is 15.9 Å². The summed E-state index contributed by atoms with van der Waals surface area (Å²) in [5.74, 6) is -0.0249. The van der Waals surface area contributed by atoms with Gasteiger partial charge in [0.05, 0.1) is 17.1 Å². The van der Waals surface area contributed by atoms with Crippen molar-refractivity contribution >= 4 is 16.8 Å². The fourth-order valence-corrected chi connectivity index (χ4v) is 3.45. The molecular weight excluding hydrogens is 298 g/mol. The minimum atomic E-state index is -0.0878. The Morgan fingerprint density at radius 1 is 1.17 bits per heavy atom. The predicted octanol–water partition coefficient (Wildman–Crippen LogP) is 3.61. The van der Waals surface area contributed by atoms with E-state index in [4.69, 9.17) is 4.98 Å². The van der Waals surface area contributed by atoms with E-state index in [1.54, 1.807) is 12.4 Å². The van der Waals surface area contributed by atoms with Crippen LogP contribution >= 0.6 is 0 Å². The summed E-state index contributed by atoms with van der Waals surface area (Å²) >= 11 is 0. The molecule has 0 bridgehead atoms. The van der Waals surface area contributed by atoms with Crippen LogP contribution in [0.3, 0.4) is 0 Å². The van der Waals surface area contributed by atoms with Gasteiger partial charge in [0.1, 0.15) is 0 Å². The minimum Gasteiger partial charge on any atom is -0.345 e.